The minimum Gasteiger partial charge on any atom is -0.308 e. The van der Waals surface area contributed by atoms with Gasteiger partial charge in [0.1, 0.15) is 0 Å². The van der Waals surface area contributed by atoms with E-state index in [0.717, 1.165) is 33.4 Å². The van der Waals surface area contributed by atoms with Crippen molar-refractivity contribution in [1.82, 2.24) is 19.5 Å². The molecule has 234 valence electrons. The predicted octanol–water partition coefficient (Wildman–Crippen LogP) is 12.0. The molecule has 5 heteroatoms. The van der Waals surface area contributed by atoms with Gasteiger partial charge in [0.25, 0.3) is 0 Å². The first-order valence-electron chi connectivity index (χ1n) is 16.7. The van der Waals surface area contributed by atoms with Crippen LogP contribution in [0, 0.1) is 0 Å². The summed E-state index contributed by atoms with van der Waals surface area (Å²) in [4.78, 5) is 15.5. The van der Waals surface area contributed by atoms with Gasteiger partial charge in [-0.15, -0.1) is 11.3 Å². The zero-order valence-corrected chi connectivity index (χ0v) is 27.7. The molecule has 10 rings (SSSR count). The molecule has 0 aliphatic rings. The van der Waals surface area contributed by atoms with Crippen molar-refractivity contribution >= 4 is 53.3 Å². The van der Waals surface area contributed by atoms with Crippen LogP contribution in [0.2, 0.25) is 0 Å². The van der Waals surface area contributed by atoms with Gasteiger partial charge in [-0.2, -0.15) is 0 Å². The topological polar surface area (TPSA) is 43.6 Å². The molecule has 3 aromatic heterocycles. The lowest BCUT2D eigenvalue weighted by Gasteiger charge is -2.16. The van der Waals surface area contributed by atoms with Gasteiger partial charge in [-0.1, -0.05) is 140 Å². The summed E-state index contributed by atoms with van der Waals surface area (Å²) in [5.74, 6) is 1.92. The average Bonchev–Trinajstić information content (AvgIpc) is 3.74. The molecule has 0 N–H and O–H groups in total. The lowest BCUT2D eigenvalue weighted by Crippen LogP contribution is -2.04. The maximum Gasteiger partial charge on any atom is 0.166 e. The predicted molar refractivity (Wildman–Crippen MR) is 209 cm³/mol. The van der Waals surface area contributed by atoms with Crippen LogP contribution in [0.15, 0.2) is 170 Å². The highest BCUT2D eigenvalue weighted by Crippen LogP contribution is 2.46. The first kappa shape index (κ1) is 28.6. The zero-order valence-electron chi connectivity index (χ0n) is 26.9. The summed E-state index contributed by atoms with van der Waals surface area (Å²) in [5.41, 5.74) is 8.58. The number of hydrogen-bond donors (Lipinski definition) is 0. The quantitative estimate of drug-likeness (QED) is 0.185. The third-order valence-electron chi connectivity index (χ3n) is 9.46. The normalized spacial score (nSPS) is 11.6. The molecule has 3 heterocycles. The van der Waals surface area contributed by atoms with E-state index in [1.807, 2.05) is 47.7 Å². The summed E-state index contributed by atoms with van der Waals surface area (Å²) in [6.45, 7) is 0. The van der Waals surface area contributed by atoms with Crippen molar-refractivity contribution in [2.45, 2.75) is 0 Å². The van der Waals surface area contributed by atoms with E-state index in [1.165, 1.54) is 42.1 Å². The zero-order chi connectivity index (χ0) is 33.0. The van der Waals surface area contributed by atoms with Gasteiger partial charge >= 0.3 is 0 Å². The Balaban J connectivity index is 1.36. The SMILES string of the molecule is c1ccc(-c2nc(-c3ccccc3)nc(-c3ccc4sc5ccccc5c4c3-n3c4ccccc4c4c(-c5ccccc5)cccc43)n2)cc1. The minimum atomic E-state index is 0.634. The van der Waals surface area contributed by atoms with Crippen LogP contribution in [0.5, 0.6) is 0 Å². The maximum absolute atomic E-state index is 5.23. The molecule has 50 heavy (non-hydrogen) atoms. The molecule has 10 aromatic rings. The number of aromatic nitrogens is 4. The third kappa shape index (κ3) is 4.55. The summed E-state index contributed by atoms with van der Waals surface area (Å²) >= 11 is 1.82. The van der Waals surface area contributed by atoms with Crippen LogP contribution in [-0.2, 0) is 0 Å². The summed E-state index contributed by atoms with van der Waals surface area (Å²) in [6.07, 6.45) is 0. The van der Waals surface area contributed by atoms with Crippen molar-refractivity contribution in [3.05, 3.63) is 170 Å². The molecule has 0 unspecified atom stereocenters. The van der Waals surface area contributed by atoms with E-state index in [2.05, 4.69) is 138 Å². The second-order valence-electron chi connectivity index (χ2n) is 12.4. The first-order valence-corrected chi connectivity index (χ1v) is 17.5. The van der Waals surface area contributed by atoms with Crippen molar-refractivity contribution in [2.75, 3.05) is 0 Å². The Morgan fingerprint density at radius 2 is 0.920 bits per heavy atom. The summed E-state index contributed by atoms with van der Waals surface area (Å²) < 4.78 is 4.91. The maximum atomic E-state index is 5.23. The second kappa shape index (κ2) is 11.6. The molecule has 0 aliphatic carbocycles. The number of nitrogens with zero attached hydrogens (tertiary/aromatic N) is 4. The fraction of sp³-hybridized carbons (Fsp3) is 0. The minimum absolute atomic E-state index is 0.634. The fourth-order valence-electron chi connectivity index (χ4n) is 7.26. The average molecular weight is 657 g/mol. The molecular formula is C45H28N4S. The molecule has 0 amide bonds. The van der Waals surface area contributed by atoms with E-state index in [0.29, 0.717) is 17.5 Å². The molecule has 4 nitrogen and oxygen atoms in total. The van der Waals surface area contributed by atoms with E-state index in [-0.39, 0.29) is 0 Å². The highest BCUT2D eigenvalue weighted by molar-refractivity contribution is 7.25. The summed E-state index contributed by atoms with van der Waals surface area (Å²) in [7, 11) is 0. The Labute approximate surface area is 292 Å². The Bertz CT molecular complexity index is 2800. The number of para-hydroxylation sites is 1. The molecule has 0 spiro atoms. The molecule has 0 aliphatic heterocycles. The van der Waals surface area contributed by atoms with E-state index >= 15 is 0 Å². The largest absolute Gasteiger partial charge is 0.308 e. The fourth-order valence-corrected chi connectivity index (χ4v) is 8.37. The van der Waals surface area contributed by atoms with Crippen molar-refractivity contribution in [1.29, 1.82) is 0 Å². The van der Waals surface area contributed by atoms with Crippen LogP contribution in [0.3, 0.4) is 0 Å². The number of rotatable bonds is 5. The summed E-state index contributed by atoms with van der Waals surface area (Å²) in [5, 5.41) is 4.84. The monoisotopic (exact) mass is 656 g/mol. The first-order chi connectivity index (χ1) is 24.8. The van der Waals surface area contributed by atoms with Crippen LogP contribution >= 0.6 is 11.3 Å². The van der Waals surface area contributed by atoms with E-state index in [9.17, 15) is 0 Å². The van der Waals surface area contributed by atoms with Crippen LogP contribution in [0.4, 0.5) is 0 Å². The molecule has 0 radical (unpaired) electrons. The van der Waals surface area contributed by atoms with Gasteiger partial charge < -0.3 is 4.57 Å². The van der Waals surface area contributed by atoms with Crippen LogP contribution < -0.4 is 0 Å². The van der Waals surface area contributed by atoms with Gasteiger partial charge in [0.15, 0.2) is 17.5 Å². The molecule has 0 bridgehead atoms. The second-order valence-corrected chi connectivity index (χ2v) is 13.5. The van der Waals surface area contributed by atoms with Gasteiger partial charge in [0, 0.05) is 47.6 Å². The standard InChI is InChI=1S/C45H28N4S/c1-4-15-29(16-5-1)32-23-14-25-37-40(32)33-21-10-12-24-36(33)49(37)42-35(27-28-39-41(42)34-22-11-13-26-38(34)50-39)45-47-43(30-17-6-2-7-18-30)46-44(48-45)31-19-8-3-9-20-31/h1-28H. The molecular weight excluding hydrogens is 629 g/mol. The molecule has 0 atom stereocenters. The van der Waals surface area contributed by atoms with Gasteiger partial charge in [-0.05, 0) is 41.5 Å². The van der Waals surface area contributed by atoms with Gasteiger partial charge in [0.05, 0.1) is 16.7 Å². The van der Waals surface area contributed by atoms with Crippen molar-refractivity contribution < 1.29 is 0 Å². The van der Waals surface area contributed by atoms with Crippen LogP contribution in [-0.4, -0.2) is 19.5 Å². The highest BCUT2D eigenvalue weighted by Gasteiger charge is 2.24. The number of benzene rings is 7. The lowest BCUT2D eigenvalue weighted by molar-refractivity contribution is 1.07. The Morgan fingerprint density at radius 1 is 0.360 bits per heavy atom. The van der Waals surface area contributed by atoms with Crippen LogP contribution in [0.25, 0.3) is 93.0 Å². The molecule has 0 saturated heterocycles. The lowest BCUT2D eigenvalue weighted by atomic mass is 9.99. The Morgan fingerprint density at radius 3 is 1.62 bits per heavy atom. The Kier molecular flexibility index (Phi) is 6.64. The van der Waals surface area contributed by atoms with Gasteiger partial charge in [-0.25, -0.2) is 15.0 Å². The van der Waals surface area contributed by atoms with Gasteiger partial charge in [0.2, 0.25) is 0 Å². The van der Waals surface area contributed by atoms with Crippen molar-refractivity contribution in [3.63, 3.8) is 0 Å². The third-order valence-corrected chi connectivity index (χ3v) is 10.6. The van der Waals surface area contributed by atoms with Crippen molar-refractivity contribution in [2.24, 2.45) is 0 Å². The molecule has 0 fully saturated rings. The molecule has 0 saturated carbocycles. The van der Waals surface area contributed by atoms with E-state index < -0.39 is 0 Å². The van der Waals surface area contributed by atoms with Crippen LogP contribution in [0.1, 0.15) is 0 Å². The number of fused-ring (bicyclic) bond motifs is 6. The van der Waals surface area contributed by atoms with E-state index in [4.69, 9.17) is 15.0 Å². The highest BCUT2D eigenvalue weighted by atomic mass is 32.1. The summed E-state index contributed by atoms with van der Waals surface area (Å²) in [6, 6.07) is 59.6. The van der Waals surface area contributed by atoms with E-state index in [1.54, 1.807) is 0 Å². The smallest absolute Gasteiger partial charge is 0.166 e. The number of thiophene rings is 1. The molecule has 7 aromatic carbocycles. The Hall–Kier alpha value is -6.43. The number of hydrogen-bond acceptors (Lipinski definition) is 4. The van der Waals surface area contributed by atoms with Crippen molar-refractivity contribution in [3.8, 4) is 51.0 Å². The van der Waals surface area contributed by atoms with Gasteiger partial charge in [-0.3, -0.25) is 0 Å².